The summed E-state index contributed by atoms with van der Waals surface area (Å²) in [6, 6.07) is 0. The number of hydrogen-bond acceptors (Lipinski definition) is 3. The summed E-state index contributed by atoms with van der Waals surface area (Å²) in [6.07, 6.45) is 19.0. The van der Waals surface area contributed by atoms with E-state index in [1.165, 1.54) is 77.0 Å². The van der Waals surface area contributed by atoms with Crippen LogP contribution in [0.3, 0.4) is 0 Å². The lowest BCUT2D eigenvalue weighted by Crippen LogP contribution is -2.33. The normalized spacial score (nSPS) is 12.7. The lowest BCUT2D eigenvalue weighted by Gasteiger charge is -2.17. The molecule has 0 fully saturated rings. The van der Waals surface area contributed by atoms with Gasteiger partial charge in [0.1, 0.15) is 6.23 Å². The Labute approximate surface area is 146 Å². The van der Waals surface area contributed by atoms with Crippen molar-refractivity contribution in [2.75, 3.05) is 19.7 Å². The van der Waals surface area contributed by atoms with Gasteiger partial charge in [-0.05, 0) is 32.4 Å². The topological polar surface area (TPSA) is 47.3 Å². The van der Waals surface area contributed by atoms with E-state index < -0.39 is 0 Å². The minimum absolute atomic E-state index is 0.217. The Morgan fingerprint density at radius 1 is 0.739 bits per heavy atom. The highest BCUT2D eigenvalue weighted by molar-refractivity contribution is 4.55. The van der Waals surface area contributed by atoms with Gasteiger partial charge >= 0.3 is 0 Å². The highest BCUT2D eigenvalue weighted by Gasteiger charge is 2.04. The zero-order chi connectivity index (χ0) is 17.0. The Morgan fingerprint density at radius 3 is 1.74 bits per heavy atom. The first-order valence-corrected chi connectivity index (χ1v) is 10.4. The van der Waals surface area contributed by atoms with Crippen molar-refractivity contribution >= 4 is 0 Å². The van der Waals surface area contributed by atoms with E-state index in [2.05, 4.69) is 19.2 Å². The second-order valence-electron chi connectivity index (χ2n) is 6.75. The van der Waals surface area contributed by atoms with Crippen LogP contribution >= 0.6 is 0 Å². The molecule has 0 heterocycles. The number of rotatable bonds is 19. The Kier molecular flexibility index (Phi) is 19.8. The molecule has 0 amide bonds. The summed E-state index contributed by atoms with van der Waals surface area (Å²) in [4.78, 5) is 0. The highest BCUT2D eigenvalue weighted by atomic mass is 16.5. The summed E-state index contributed by atoms with van der Waals surface area (Å²) in [7, 11) is 0. The Morgan fingerprint density at radius 2 is 1.26 bits per heavy atom. The van der Waals surface area contributed by atoms with Crippen LogP contribution in [0.4, 0.5) is 0 Å². The van der Waals surface area contributed by atoms with E-state index in [9.17, 15) is 0 Å². The van der Waals surface area contributed by atoms with E-state index in [-0.39, 0.29) is 6.23 Å². The molecule has 0 aromatic rings. The maximum atomic E-state index is 5.88. The smallest absolute Gasteiger partial charge is 0.107 e. The van der Waals surface area contributed by atoms with Crippen molar-refractivity contribution in [2.45, 2.75) is 110 Å². The van der Waals surface area contributed by atoms with Gasteiger partial charge in [-0.1, -0.05) is 84.5 Å². The number of unbranched alkanes of at least 4 members (excludes halogenated alkanes) is 11. The number of ether oxygens (including phenoxy) is 1. The third kappa shape index (κ3) is 18.1. The van der Waals surface area contributed by atoms with Gasteiger partial charge in [-0.25, -0.2) is 0 Å². The van der Waals surface area contributed by atoms with Gasteiger partial charge in [-0.3, -0.25) is 5.32 Å². The average molecular weight is 329 g/mol. The first kappa shape index (κ1) is 22.9. The van der Waals surface area contributed by atoms with Crippen LogP contribution in [-0.2, 0) is 4.74 Å². The van der Waals surface area contributed by atoms with E-state index in [1.54, 1.807) is 0 Å². The number of nitrogens with one attached hydrogen (secondary N) is 1. The van der Waals surface area contributed by atoms with Gasteiger partial charge in [0, 0.05) is 6.61 Å². The number of hydrogen-bond donors (Lipinski definition) is 2. The third-order valence-corrected chi connectivity index (χ3v) is 4.44. The van der Waals surface area contributed by atoms with Crippen molar-refractivity contribution < 1.29 is 4.74 Å². The predicted octanol–water partition coefficient (Wildman–Crippen LogP) is 5.38. The van der Waals surface area contributed by atoms with Crippen molar-refractivity contribution in [3.63, 3.8) is 0 Å². The van der Waals surface area contributed by atoms with E-state index in [4.69, 9.17) is 10.5 Å². The molecule has 0 spiro atoms. The Bertz CT molecular complexity index is 212. The fourth-order valence-corrected chi connectivity index (χ4v) is 2.85. The molecule has 0 bridgehead atoms. The van der Waals surface area contributed by atoms with Crippen molar-refractivity contribution in [1.82, 2.24) is 5.32 Å². The van der Waals surface area contributed by atoms with Crippen LogP contribution in [0.5, 0.6) is 0 Å². The van der Waals surface area contributed by atoms with Crippen molar-refractivity contribution in [1.29, 1.82) is 0 Å². The van der Waals surface area contributed by atoms with Crippen LogP contribution in [0, 0.1) is 0 Å². The molecule has 0 rings (SSSR count). The molecule has 140 valence electrons. The molecule has 0 aliphatic heterocycles. The third-order valence-electron chi connectivity index (χ3n) is 4.44. The summed E-state index contributed by atoms with van der Waals surface area (Å²) in [6.45, 7) is 7.06. The second kappa shape index (κ2) is 19.9. The summed E-state index contributed by atoms with van der Waals surface area (Å²) in [5.74, 6) is 0. The van der Waals surface area contributed by atoms with Gasteiger partial charge in [-0.15, -0.1) is 0 Å². The molecule has 1 atom stereocenters. The molecule has 23 heavy (non-hydrogen) atoms. The summed E-state index contributed by atoms with van der Waals surface area (Å²) < 4.78 is 5.88. The molecule has 0 aliphatic rings. The Hall–Kier alpha value is -0.120. The monoisotopic (exact) mass is 328 g/mol. The summed E-state index contributed by atoms with van der Waals surface area (Å²) >= 11 is 0. The van der Waals surface area contributed by atoms with Crippen LogP contribution in [0.25, 0.3) is 0 Å². The molecular weight excluding hydrogens is 284 g/mol. The molecule has 3 N–H and O–H groups in total. The molecular formula is C20H44N2O. The van der Waals surface area contributed by atoms with E-state index in [1.807, 2.05) is 0 Å². The summed E-state index contributed by atoms with van der Waals surface area (Å²) in [5.41, 5.74) is 5.50. The predicted molar refractivity (Wildman–Crippen MR) is 103 cm³/mol. The SMILES string of the molecule is CCCCCCCCCCCCCCOC(CC)NCCCN. The molecule has 0 radical (unpaired) electrons. The molecule has 0 saturated carbocycles. The second-order valence-corrected chi connectivity index (χ2v) is 6.75. The molecule has 0 saturated heterocycles. The minimum Gasteiger partial charge on any atom is -0.363 e. The maximum absolute atomic E-state index is 5.88. The molecule has 1 unspecified atom stereocenters. The van der Waals surface area contributed by atoms with E-state index in [0.717, 1.165) is 32.5 Å². The van der Waals surface area contributed by atoms with Crippen molar-refractivity contribution in [3.8, 4) is 0 Å². The Balaban J connectivity index is 3.17. The lowest BCUT2D eigenvalue weighted by atomic mass is 10.1. The van der Waals surface area contributed by atoms with Crippen LogP contribution in [0.15, 0.2) is 0 Å². The maximum Gasteiger partial charge on any atom is 0.107 e. The van der Waals surface area contributed by atoms with E-state index >= 15 is 0 Å². The largest absolute Gasteiger partial charge is 0.363 e. The van der Waals surface area contributed by atoms with Crippen molar-refractivity contribution in [2.24, 2.45) is 5.73 Å². The average Bonchev–Trinajstić information content (AvgIpc) is 2.57. The van der Waals surface area contributed by atoms with Gasteiger partial charge in [0.25, 0.3) is 0 Å². The molecule has 0 aliphatic carbocycles. The van der Waals surface area contributed by atoms with Crippen LogP contribution < -0.4 is 11.1 Å². The number of nitrogens with two attached hydrogens (primary N) is 1. The van der Waals surface area contributed by atoms with Crippen LogP contribution in [0.1, 0.15) is 104 Å². The van der Waals surface area contributed by atoms with E-state index in [0.29, 0.717) is 0 Å². The van der Waals surface area contributed by atoms with Gasteiger partial charge in [0.2, 0.25) is 0 Å². The first-order valence-electron chi connectivity index (χ1n) is 10.4. The molecule has 0 aromatic heterocycles. The fourth-order valence-electron chi connectivity index (χ4n) is 2.85. The zero-order valence-corrected chi connectivity index (χ0v) is 16.1. The first-order chi connectivity index (χ1) is 11.3. The van der Waals surface area contributed by atoms with Gasteiger partial charge in [0.15, 0.2) is 0 Å². The van der Waals surface area contributed by atoms with Gasteiger partial charge in [0.05, 0.1) is 0 Å². The zero-order valence-electron chi connectivity index (χ0n) is 16.1. The summed E-state index contributed by atoms with van der Waals surface area (Å²) in [5, 5.41) is 3.41. The van der Waals surface area contributed by atoms with Crippen LogP contribution in [0.2, 0.25) is 0 Å². The van der Waals surface area contributed by atoms with Gasteiger partial charge < -0.3 is 10.5 Å². The quantitative estimate of drug-likeness (QED) is 0.247. The van der Waals surface area contributed by atoms with Crippen molar-refractivity contribution in [3.05, 3.63) is 0 Å². The lowest BCUT2D eigenvalue weighted by molar-refractivity contribution is 0.0251. The molecule has 3 nitrogen and oxygen atoms in total. The van der Waals surface area contributed by atoms with Crippen LogP contribution in [-0.4, -0.2) is 25.9 Å². The standard InChI is InChI=1S/C20H44N2O/c1-3-5-6-7-8-9-10-11-12-13-14-15-19-23-20(4-2)22-18-16-17-21/h20,22H,3-19,21H2,1-2H3. The minimum atomic E-state index is 0.217. The molecule has 0 aromatic carbocycles. The van der Waals surface area contributed by atoms with Gasteiger partial charge in [-0.2, -0.15) is 0 Å². The molecule has 3 heteroatoms. The highest BCUT2D eigenvalue weighted by Crippen LogP contribution is 2.12. The fraction of sp³-hybridized carbons (Fsp3) is 1.00.